The van der Waals surface area contributed by atoms with Gasteiger partial charge in [-0.3, -0.25) is 20.3 Å². The molecule has 5 nitrogen and oxygen atoms in total. The summed E-state index contributed by atoms with van der Waals surface area (Å²) in [5.74, 6) is -0.00534. The molecule has 0 aliphatic carbocycles. The van der Waals surface area contributed by atoms with E-state index in [0.29, 0.717) is 5.69 Å². The van der Waals surface area contributed by atoms with Gasteiger partial charge >= 0.3 is 0 Å². The Morgan fingerprint density at radius 1 is 1.21 bits per heavy atom. The van der Waals surface area contributed by atoms with Gasteiger partial charge in [-0.2, -0.15) is 0 Å². The highest BCUT2D eigenvalue weighted by molar-refractivity contribution is 5.93. The predicted octanol–water partition coefficient (Wildman–Crippen LogP) is 1.39. The van der Waals surface area contributed by atoms with Crippen LogP contribution in [-0.2, 0) is 13.1 Å². The number of hydrogen-bond donors (Lipinski definition) is 2. The maximum atomic E-state index is 7.39. The van der Waals surface area contributed by atoms with E-state index in [9.17, 15) is 0 Å². The van der Waals surface area contributed by atoms with E-state index in [1.54, 1.807) is 12.4 Å². The van der Waals surface area contributed by atoms with Gasteiger partial charge in [0.1, 0.15) is 11.5 Å². The molecule has 19 heavy (non-hydrogen) atoms. The lowest BCUT2D eigenvalue weighted by atomic mass is 10.2. The second-order valence-corrected chi connectivity index (χ2v) is 4.46. The molecule has 2 aromatic rings. The van der Waals surface area contributed by atoms with Gasteiger partial charge in [0, 0.05) is 25.5 Å². The van der Waals surface area contributed by atoms with E-state index in [-0.39, 0.29) is 5.84 Å². The number of nitrogens with two attached hydrogens (primary N) is 1. The van der Waals surface area contributed by atoms with Gasteiger partial charge in [-0.15, -0.1) is 0 Å². The Morgan fingerprint density at radius 2 is 2.05 bits per heavy atom. The summed E-state index contributed by atoms with van der Waals surface area (Å²) < 4.78 is 0. The second kappa shape index (κ2) is 6.06. The molecule has 0 unspecified atom stereocenters. The number of nitrogens with one attached hydrogen (secondary N) is 1. The minimum atomic E-state index is -0.00534. The molecule has 0 radical (unpaired) electrons. The number of nitrogens with zero attached hydrogens (tertiary/aromatic N) is 3. The molecular formula is C14H17N5. The third-order valence-corrected chi connectivity index (χ3v) is 2.71. The highest BCUT2D eigenvalue weighted by atomic mass is 15.1. The van der Waals surface area contributed by atoms with Gasteiger partial charge in [0.2, 0.25) is 0 Å². The van der Waals surface area contributed by atoms with Crippen LogP contribution < -0.4 is 5.73 Å². The normalized spacial score (nSPS) is 10.6. The monoisotopic (exact) mass is 255 g/mol. The van der Waals surface area contributed by atoms with E-state index in [1.807, 2.05) is 37.4 Å². The van der Waals surface area contributed by atoms with Crippen molar-refractivity contribution in [3.63, 3.8) is 0 Å². The Balaban J connectivity index is 2.01. The Kier molecular flexibility index (Phi) is 4.20. The van der Waals surface area contributed by atoms with Crippen molar-refractivity contribution in [3.05, 3.63) is 59.7 Å². The summed E-state index contributed by atoms with van der Waals surface area (Å²) in [6.07, 6.45) is 3.48. The molecule has 0 saturated carbocycles. The van der Waals surface area contributed by atoms with Crippen molar-refractivity contribution in [2.24, 2.45) is 5.73 Å². The van der Waals surface area contributed by atoms with Crippen molar-refractivity contribution < 1.29 is 0 Å². The van der Waals surface area contributed by atoms with Crippen molar-refractivity contribution >= 4 is 5.84 Å². The van der Waals surface area contributed by atoms with Crippen LogP contribution in [0.25, 0.3) is 0 Å². The average molecular weight is 255 g/mol. The van der Waals surface area contributed by atoms with Crippen molar-refractivity contribution in [2.75, 3.05) is 7.05 Å². The SMILES string of the molecule is CN(Cc1ccnc(C(=N)N)c1)Cc1ccccn1. The summed E-state index contributed by atoms with van der Waals surface area (Å²) in [6.45, 7) is 1.54. The molecule has 2 rings (SSSR count). The predicted molar refractivity (Wildman–Crippen MR) is 74.7 cm³/mol. The molecule has 2 heterocycles. The summed E-state index contributed by atoms with van der Waals surface area (Å²) in [7, 11) is 2.03. The van der Waals surface area contributed by atoms with Crippen LogP contribution in [0.4, 0.5) is 0 Å². The molecule has 3 N–H and O–H groups in total. The number of nitrogen functional groups attached to an aromatic ring is 1. The van der Waals surface area contributed by atoms with Gasteiger partial charge < -0.3 is 5.73 Å². The first-order valence-electron chi connectivity index (χ1n) is 6.03. The first kappa shape index (κ1) is 13.2. The first-order valence-corrected chi connectivity index (χ1v) is 6.03. The van der Waals surface area contributed by atoms with Gasteiger partial charge in [-0.1, -0.05) is 6.07 Å². The van der Waals surface area contributed by atoms with Gasteiger partial charge in [0.15, 0.2) is 0 Å². The van der Waals surface area contributed by atoms with Crippen LogP contribution in [0.2, 0.25) is 0 Å². The lowest BCUT2D eigenvalue weighted by Gasteiger charge is -2.16. The maximum Gasteiger partial charge on any atom is 0.141 e. The Labute approximate surface area is 112 Å². The molecule has 0 amide bonds. The van der Waals surface area contributed by atoms with Crippen LogP contribution in [-0.4, -0.2) is 27.8 Å². The fourth-order valence-corrected chi connectivity index (χ4v) is 1.86. The fourth-order valence-electron chi connectivity index (χ4n) is 1.86. The van der Waals surface area contributed by atoms with E-state index in [2.05, 4.69) is 14.9 Å². The summed E-state index contributed by atoms with van der Waals surface area (Å²) in [4.78, 5) is 10.5. The molecule has 0 aliphatic rings. The second-order valence-electron chi connectivity index (χ2n) is 4.46. The van der Waals surface area contributed by atoms with Gasteiger partial charge in [-0.05, 0) is 36.9 Å². The topological polar surface area (TPSA) is 78.9 Å². The van der Waals surface area contributed by atoms with Crippen molar-refractivity contribution in [2.45, 2.75) is 13.1 Å². The van der Waals surface area contributed by atoms with E-state index in [4.69, 9.17) is 11.1 Å². The Bertz CT molecular complexity index is 553. The number of amidine groups is 1. The molecule has 0 fully saturated rings. The summed E-state index contributed by atoms with van der Waals surface area (Å²) >= 11 is 0. The van der Waals surface area contributed by atoms with E-state index >= 15 is 0 Å². The molecule has 5 heteroatoms. The molecule has 2 aromatic heterocycles. The largest absolute Gasteiger partial charge is 0.382 e. The fraction of sp³-hybridized carbons (Fsp3) is 0.214. The zero-order chi connectivity index (χ0) is 13.7. The molecule has 98 valence electrons. The lowest BCUT2D eigenvalue weighted by molar-refractivity contribution is 0.315. The summed E-state index contributed by atoms with van der Waals surface area (Å²) in [5.41, 5.74) is 8.07. The van der Waals surface area contributed by atoms with Crippen LogP contribution in [0.15, 0.2) is 42.7 Å². The third-order valence-electron chi connectivity index (χ3n) is 2.71. The Morgan fingerprint density at radius 3 is 2.74 bits per heavy atom. The van der Waals surface area contributed by atoms with E-state index in [0.717, 1.165) is 24.3 Å². The Hall–Kier alpha value is -2.27. The highest BCUT2D eigenvalue weighted by Gasteiger charge is 2.05. The molecule has 0 atom stereocenters. The number of hydrogen-bond acceptors (Lipinski definition) is 4. The van der Waals surface area contributed by atoms with Gasteiger partial charge in [-0.25, -0.2) is 0 Å². The van der Waals surface area contributed by atoms with Crippen LogP contribution in [0.1, 0.15) is 17.0 Å². The summed E-state index contributed by atoms with van der Waals surface area (Å²) in [6, 6.07) is 9.67. The lowest BCUT2D eigenvalue weighted by Crippen LogP contribution is -2.19. The minimum absolute atomic E-state index is 0.00534. The molecule has 0 aromatic carbocycles. The smallest absolute Gasteiger partial charge is 0.141 e. The molecular weight excluding hydrogens is 238 g/mol. The molecule has 0 bridgehead atoms. The van der Waals surface area contributed by atoms with Crippen LogP contribution in [0, 0.1) is 5.41 Å². The quantitative estimate of drug-likeness (QED) is 0.625. The third kappa shape index (κ3) is 3.86. The van der Waals surface area contributed by atoms with Crippen LogP contribution in [0.3, 0.4) is 0 Å². The first-order chi connectivity index (χ1) is 9.15. The van der Waals surface area contributed by atoms with Gasteiger partial charge in [0.05, 0.1) is 5.69 Å². The molecule has 0 spiro atoms. The number of pyridine rings is 2. The number of aromatic nitrogens is 2. The van der Waals surface area contributed by atoms with E-state index < -0.39 is 0 Å². The van der Waals surface area contributed by atoms with E-state index in [1.165, 1.54) is 0 Å². The van der Waals surface area contributed by atoms with Crippen LogP contribution >= 0.6 is 0 Å². The number of rotatable bonds is 5. The van der Waals surface area contributed by atoms with Crippen molar-refractivity contribution in [3.8, 4) is 0 Å². The van der Waals surface area contributed by atoms with Gasteiger partial charge in [0.25, 0.3) is 0 Å². The molecule has 0 saturated heterocycles. The zero-order valence-corrected chi connectivity index (χ0v) is 10.9. The maximum absolute atomic E-state index is 7.39. The molecule has 0 aliphatic heterocycles. The van der Waals surface area contributed by atoms with Crippen LogP contribution in [0.5, 0.6) is 0 Å². The van der Waals surface area contributed by atoms with Crippen molar-refractivity contribution in [1.29, 1.82) is 5.41 Å². The standard InChI is InChI=1S/C14H17N5/c1-19(10-12-4-2-3-6-17-12)9-11-5-7-18-13(8-11)14(15)16/h2-8H,9-10H2,1H3,(H3,15,16). The average Bonchev–Trinajstić information content (AvgIpc) is 2.40. The summed E-state index contributed by atoms with van der Waals surface area (Å²) in [5, 5.41) is 7.39. The highest BCUT2D eigenvalue weighted by Crippen LogP contribution is 2.07. The van der Waals surface area contributed by atoms with Crippen molar-refractivity contribution in [1.82, 2.24) is 14.9 Å². The zero-order valence-electron chi connectivity index (χ0n) is 10.9. The minimum Gasteiger partial charge on any atom is -0.382 e.